The number of anilines is 1. The van der Waals surface area contributed by atoms with Gasteiger partial charge in [-0.3, -0.25) is 14.5 Å². The van der Waals surface area contributed by atoms with Crippen molar-refractivity contribution in [2.75, 3.05) is 12.0 Å². The summed E-state index contributed by atoms with van der Waals surface area (Å²) >= 11 is 5.88. The summed E-state index contributed by atoms with van der Waals surface area (Å²) in [5, 5.41) is 10.7. The fraction of sp³-hybridized carbons (Fsp3) is 0.0909. The number of Topliss-reactive ketones (excluding diaryl/α,β-unsaturated/α-hetero) is 1. The van der Waals surface area contributed by atoms with Gasteiger partial charge in [-0.05, 0) is 42.5 Å². The molecule has 2 aromatic carbocycles. The van der Waals surface area contributed by atoms with Crippen LogP contribution in [0.15, 0.2) is 70.9 Å². The van der Waals surface area contributed by atoms with Gasteiger partial charge in [0, 0.05) is 11.3 Å². The van der Waals surface area contributed by atoms with Crippen LogP contribution in [0.1, 0.15) is 17.4 Å². The van der Waals surface area contributed by atoms with Crippen molar-refractivity contribution in [3.63, 3.8) is 0 Å². The van der Waals surface area contributed by atoms with Crippen molar-refractivity contribution in [3.8, 4) is 5.75 Å². The number of benzene rings is 2. The fourth-order valence-corrected chi connectivity index (χ4v) is 3.55. The number of hydrogen-bond acceptors (Lipinski definition) is 5. The highest BCUT2D eigenvalue weighted by molar-refractivity contribution is 6.51. The number of methoxy groups -OCH3 is 1. The minimum atomic E-state index is -1.06. The summed E-state index contributed by atoms with van der Waals surface area (Å²) in [4.78, 5) is 27.0. The fourth-order valence-electron chi connectivity index (χ4n) is 3.38. The van der Waals surface area contributed by atoms with Crippen molar-refractivity contribution in [2.24, 2.45) is 0 Å². The molecule has 0 spiro atoms. The van der Waals surface area contributed by atoms with Crippen LogP contribution in [0.3, 0.4) is 0 Å². The summed E-state index contributed by atoms with van der Waals surface area (Å²) in [7, 11) is 1.47. The van der Waals surface area contributed by atoms with E-state index < -0.39 is 23.5 Å². The Morgan fingerprint density at radius 2 is 1.97 bits per heavy atom. The van der Waals surface area contributed by atoms with Gasteiger partial charge in [-0.15, -0.1) is 0 Å². The summed E-state index contributed by atoms with van der Waals surface area (Å²) in [6.07, 6.45) is 1.39. The van der Waals surface area contributed by atoms with Gasteiger partial charge >= 0.3 is 0 Å². The maximum absolute atomic E-state index is 13.6. The van der Waals surface area contributed by atoms with E-state index in [0.29, 0.717) is 11.3 Å². The van der Waals surface area contributed by atoms with Gasteiger partial charge in [0.25, 0.3) is 11.7 Å². The first-order valence-corrected chi connectivity index (χ1v) is 9.24. The average Bonchev–Trinajstić information content (AvgIpc) is 3.37. The van der Waals surface area contributed by atoms with Gasteiger partial charge in [-0.2, -0.15) is 0 Å². The van der Waals surface area contributed by atoms with E-state index in [9.17, 15) is 19.1 Å². The second-order valence-corrected chi connectivity index (χ2v) is 6.92. The minimum Gasteiger partial charge on any atom is -0.507 e. The van der Waals surface area contributed by atoms with Crippen LogP contribution in [0.4, 0.5) is 10.1 Å². The summed E-state index contributed by atoms with van der Waals surface area (Å²) in [6.45, 7) is 0. The molecule has 0 aliphatic carbocycles. The molecule has 1 saturated heterocycles. The number of aliphatic hydroxyl groups is 1. The van der Waals surface area contributed by atoms with Crippen LogP contribution >= 0.6 is 11.6 Å². The van der Waals surface area contributed by atoms with Gasteiger partial charge in [0.1, 0.15) is 29.1 Å². The van der Waals surface area contributed by atoms with Crippen molar-refractivity contribution in [1.82, 2.24) is 0 Å². The Morgan fingerprint density at radius 1 is 1.17 bits per heavy atom. The SMILES string of the molecule is COc1cccc(/C(O)=C2/C(=O)C(=O)N(c3ccc(F)c(Cl)c3)C2c2ccco2)c1. The number of furan rings is 1. The van der Waals surface area contributed by atoms with E-state index in [2.05, 4.69) is 0 Å². The summed E-state index contributed by atoms with van der Waals surface area (Å²) < 4.78 is 24.3. The minimum absolute atomic E-state index is 0.163. The Morgan fingerprint density at radius 3 is 2.63 bits per heavy atom. The van der Waals surface area contributed by atoms with E-state index in [0.717, 1.165) is 11.0 Å². The molecule has 1 aromatic heterocycles. The number of nitrogens with zero attached hydrogens (tertiary/aromatic N) is 1. The van der Waals surface area contributed by atoms with Crippen LogP contribution in [0, 0.1) is 5.82 Å². The summed E-state index contributed by atoms with van der Waals surface area (Å²) in [5.41, 5.74) is 0.319. The van der Waals surface area contributed by atoms with E-state index >= 15 is 0 Å². The second-order valence-electron chi connectivity index (χ2n) is 6.51. The van der Waals surface area contributed by atoms with Crippen LogP contribution < -0.4 is 9.64 Å². The van der Waals surface area contributed by atoms with Crippen molar-refractivity contribution >= 4 is 34.7 Å². The maximum atomic E-state index is 13.6. The third kappa shape index (κ3) is 3.23. The van der Waals surface area contributed by atoms with E-state index in [4.69, 9.17) is 20.8 Å². The van der Waals surface area contributed by atoms with Gasteiger partial charge in [0.2, 0.25) is 0 Å². The Balaban J connectivity index is 1.92. The predicted molar refractivity (Wildman–Crippen MR) is 108 cm³/mol. The molecule has 4 rings (SSSR count). The first kappa shape index (κ1) is 19.7. The zero-order valence-corrected chi connectivity index (χ0v) is 16.4. The highest BCUT2D eigenvalue weighted by Gasteiger charge is 2.48. The van der Waals surface area contributed by atoms with E-state index in [-0.39, 0.29) is 27.8 Å². The molecule has 1 amide bonds. The largest absolute Gasteiger partial charge is 0.507 e. The smallest absolute Gasteiger partial charge is 0.300 e. The number of ketones is 1. The van der Waals surface area contributed by atoms with E-state index in [1.54, 1.807) is 30.3 Å². The molecule has 0 radical (unpaired) electrons. The third-order valence-corrected chi connectivity index (χ3v) is 5.07. The Bertz CT molecular complexity index is 1170. The van der Waals surface area contributed by atoms with Crippen molar-refractivity contribution < 1.29 is 28.2 Å². The molecule has 1 unspecified atom stereocenters. The molecule has 1 aliphatic rings. The molecule has 1 aliphatic heterocycles. The normalized spacial score (nSPS) is 18.1. The van der Waals surface area contributed by atoms with Gasteiger partial charge in [0.05, 0.1) is 24.0 Å². The monoisotopic (exact) mass is 427 g/mol. The second kappa shape index (κ2) is 7.68. The van der Waals surface area contributed by atoms with Crippen molar-refractivity contribution in [1.29, 1.82) is 0 Å². The van der Waals surface area contributed by atoms with E-state index in [1.807, 2.05) is 0 Å². The standard InChI is InChI=1S/C22H15ClFNO5/c1-29-14-5-2-4-12(10-14)20(26)18-19(17-6-3-9-30-17)25(22(28)21(18)27)13-7-8-16(24)15(23)11-13/h2-11,19,26H,1H3/b20-18-. The number of hydrogen-bond donors (Lipinski definition) is 1. The first-order valence-electron chi connectivity index (χ1n) is 8.86. The van der Waals surface area contributed by atoms with Gasteiger partial charge in [-0.25, -0.2) is 4.39 Å². The van der Waals surface area contributed by atoms with E-state index in [1.165, 1.54) is 31.6 Å². The molecule has 3 aromatic rings. The number of carbonyl (C=O) groups is 2. The van der Waals surface area contributed by atoms with Crippen LogP contribution in [0.5, 0.6) is 5.75 Å². The van der Waals surface area contributed by atoms with Gasteiger partial charge < -0.3 is 14.3 Å². The lowest BCUT2D eigenvalue weighted by Crippen LogP contribution is -2.29. The number of carbonyl (C=O) groups excluding carboxylic acids is 2. The number of halogens is 2. The van der Waals surface area contributed by atoms with Crippen molar-refractivity contribution in [2.45, 2.75) is 6.04 Å². The Hall–Kier alpha value is -3.58. The molecular weight excluding hydrogens is 413 g/mol. The molecule has 2 heterocycles. The van der Waals surface area contributed by atoms with Gasteiger partial charge in [-0.1, -0.05) is 23.7 Å². The Labute approximate surface area is 175 Å². The quantitative estimate of drug-likeness (QED) is 0.370. The van der Waals surface area contributed by atoms with Crippen molar-refractivity contribution in [3.05, 3.63) is 88.6 Å². The molecule has 30 heavy (non-hydrogen) atoms. The van der Waals surface area contributed by atoms with Crippen LogP contribution in [-0.2, 0) is 9.59 Å². The average molecular weight is 428 g/mol. The number of ether oxygens (including phenoxy) is 1. The van der Waals surface area contributed by atoms with Crippen LogP contribution in [0.25, 0.3) is 5.76 Å². The predicted octanol–water partition coefficient (Wildman–Crippen LogP) is 4.71. The molecular formula is C22H15ClFNO5. The highest BCUT2D eigenvalue weighted by atomic mass is 35.5. The van der Waals surface area contributed by atoms with Crippen LogP contribution in [-0.4, -0.2) is 23.9 Å². The molecule has 152 valence electrons. The highest BCUT2D eigenvalue weighted by Crippen LogP contribution is 2.43. The van der Waals surface area contributed by atoms with Gasteiger partial charge in [0.15, 0.2) is 0 Å². The Kier molecular flexibility index (Phi) is 5.05. The number of aliphatic hydroxyl groups excluding tert-OH is 1. The first-order chi connectivity index (χ1) is 14.4. The summed E-state index contributed by atoms with van der Waals surface area (Å²) in [5.74, 6) is -2.14. The van der Waals surface area contributed by atoms with Crippen LogP contribution in [0.2, 0.25) is 5.02 Å². The molecule has 1 N–H and O–H groups in total. The third-order valence-electron chi connectivity index (χ3n) is 4.78. The molecule has 8 heteroatoms. The number of amides is 1. The summed E-state index contributed by atoms with van der Waals surface area (Å²) in [6, 6.07) is 12.2. The maximum Gasteiger partial charge on any atom is 0.300 e. The lowest BCUT2D eigenvalue weighted by Gasteiger charge is -2.23. The lowest BCUT2D eigenvalue weighted by molar-refractivity contribution is -0.132. The molecule has 6 nitrogen and oxygen atoms in total. The zero-order chi connectivity index (χ0) is 21.4. The topological polar surface area (TPSA) is 80.0 Å². The molecule has 0 saturated carbocycles. The molecule has 1 atom stereocenters. The lowest BCUT2D eigenvalue weighted by atomic mass is 9.99. The molecule has 1 fully saturated rings. The number of rotatable bonds is 4. The zero-order valence-electron chi connectivity index (χ0n) is 15.6. The molecule has 0 bridgehead atoms.